The normalized spacial score (nSPS) is 15.2. The number of guanidine groups is 1. The smallest absolute Gasteiger partial charge is 0.242 e. The zero-order chi connectivity index (χ0) is 21.1. The molecular weight excluding hydrogens is 366 g/mol. The molecule has 7 heteroatoms. The number of ether oxygens (including phenoxy) is 1. The van der Waals surface area contributed by atoms with E-state index in [1.165, 1.54) is 11.1 Å². The van der Waals surface area contributed by atoms with Crippen LogP contribution in [0.15, 0.2) is 29.3 Å². The lowest BCUT2D eigenvalue weighted by atomic mass is 10.1. The van der Waals surface area contributed by atoms with Crippen LogP contribution in [0, 0.1) is 0 Å². The first-order valence-corrected chi connectivity index (χ1v) is 10.7. The van der Waals surface area contributed by atoms with Gasteiger partial charge in [0.15, 0.2) is 5.96 Å². The highest BCUT2D eigenvalue weighted by molar-refractivity contribution is 5.86. The van der Waals surface area contributed by atoms with E-state index in [-0.39, 0.29) is 5.91 Å². The number of morpholine rings is 1. The van der Waals surface area contributed by atoms with Gasteiger partial charge in [-0.1, -0.05) is 24.3 Å². The lowest BCUT2D eigenvalue weighted by molar-refractivity contribution is -0.131. The molecule has 0 atom stereocenters. The molecular formula is C22H37N5O2. The third-order valence-electron chi connectivity index (χ3n) is 5.10. The third kappa shape index (κ3) is 7.66. The van der Waals surface area contributed by atoms with Crippen molar-refractivity contribution in [1.29, 1.82) is 0 Å². The molecule has 0 bridgehead atoms. The van der Waals surface area contributed by atoms with Crippen molar-refractivity contribution in [3.8, 4) is 0 Å². The Hall–Kier alpha value is -2.12. The summed E-state index contributed by atoms with van der Waals surface area (Å²) in [6.45, 7) is 13.7. The Morgan fingerprint density at radius 1 is 1.17 bits per heavy atom. The van der Waals surface area contributed by atoms with Crippen LogP contribution in [-0.2, 0) is 22.6 Å². The summed E-state index contributed by atoms with van der Waals surface area (Å²) in [4.78, 5) is 23.3. The lowest BCUT2D eigenvalue weighted by Gasteiger charge is -2.26. The summed E-state index contributed by atoms with van der Waals surface area (Å²) >= 11 is 0. The van der Waals surface area contributed by atoms with Gasteiger partial charge in [0.25, 0.3) is 0 Å². The van der Waals surface area contributed by atoms with Crippen LogP contribution in [-0.4, -0.2) is 86.1 Å². The largest absolute Gasteiger partial charge is 0.379 e. The Kier molecular flexibility index (Phi) is 9.94. The molecule has 7 nitrogen and oxygen atoms in total. The van der Waals surface area contributed by atoms with Gasteiger partial charge in [-0.25, -0.2) is 4.99 Å². The Bertz CT molecular complexity index is 654. The zero-order valence-corrected chi connectivity index (χ0v) is 18.5. The van der Waals surface area contributed by atoms with Gasteiger partial charge in [0.2, 0.25) is 5.91 Å². The molecule has 162 valence electrons. The van der Waals surface area contributed by atoms with Crippen molar-refractivity contribution in [2.24, 2.45) is 4.99 Å². The van der Waals surface area contributed by atoms with Crippen molar-refractivity contribution in [2.45, 2.75) is 33.9 Å². The van der Waals surface area contributed by atoms with Gasteiger partial charge in [-0.2, -0.15) is 0 Å². The summed E-state index contributed by atoms with van der Waals surface area (Å²) in [5.41, 5.74) is 2.48. The highest BCUT2D eigenvalue weighted by Gasteiger charge is 2.15. The Labute approximate surface area is 175 Å². The maximum Gasteiger partial charge on any atom is 0.242 e. The van der Waals surface area contributed by atoms with E-state index in [0.29, 0.717) is 13.1 Å². The van der Waals surface area contributed by atoms with Gasteiger partial charge in [-0.3, -0.25) is 9.69 Å². The van der Waals surface area contributed by atoms with Crippen LogP contribution in [0.5, 0.6) is 0 Å². The van der Waals surface area contributed by atoms with E-state index < -0.39 is 0 Å². The van der Waals surface area contributed by atoms with E-state index in [2.05, 4.69) is 34.5 Å². The van der Waals surface area contributed by atoms with Gasteiger partial charge >= 0.3 is 0 Å². The van der Waals surface area contributed by atoms with E-state index in [1.54, 1.807) is 0 Å². The zero-order valence-electron chi connectivity index (χ0n) is 18.5. The van der Waals surface area contributed by atoms with Crippen LogP contribution in [0.2, 0.25) is 0 Å². The number of carbonyl (C=O) groups is 1. The van der Waals surface area contributed by atoms with Gasteiger partial charge in [0.05, 0.1) is 26.3 Å². The molecule has 0 aliphatic carbocycles. The summed E-state index contributed by atoms with van der Waals surface area (Å²) in [7, 11) is 1.91. The summed E-state index contributed by atoms with van der Waals surface area (Å²) in [6.07, 6.45) is 0. The molecule has 0 aromatic heterocycles. The number of amides is 1. The second kappa shape index (κ2) is 12.4. The Morgan fingerprint density at radius 2 is 1.86 bits per heavy atom. The number of nitrogens with zero attached hydrogens (tertiary/aromatic N) is 4. The van der Waals surface area contributed by atoms with Crippen molar-refractivity contribution >= 4 is 11.9 Å². The lowest BCUT2D eigenvalue weighted by Crippen LogP contribution is -2.45. The van der Waals surface area contributed by atoms with E-state index in [9.17, 15) is 4.79 Å². The third-order valence-corrected chi connectivity index (χ3v) is 5.10. The van der Waals surface area contributed by atoms with Crippen molar-refractivity contribution in [3.05, 3.63) is 35.4 Å². The summed E-state index contributed by atoms with van der Waals surface area (Å²) in [5, 5.41) is 3.30. The van der Waals surface area contributed by atoms with Gasteiger partial charge in [-0.05, 0) is 31.9 Å². The van der Waals surface area contributed by atoms with Crippen LogP contribution in [0.25, 0.3) is 0 Å². The second-order valence-corrected chi connectivity index (χ2v) is 7.30. The van der Waals surface area contributed by atoms with E-state index in [1.807, 2.05) is 37.6 Å². The molecule has 1 heterocycles. The molecule has 1 aliphatic rings. The number of aliphatic imine (C=N–C) groups is 1. The standard InChI is InChI=1S/C22H37N5O2/c1-5-23-22(25(4)18-21(28)27(6-2)7-3)24-16-19-9-8-10-20(15-19)17-26-11-13-29-14-12-26/h8-10,15H,5-7,11-14,16-18H2,1-4H3,(H,23,24). The van der Waals surface area contributed by atoms with E-state index in [4.69, 9.17) is 9.73 Å². The van der Waals surface area contributed by atoms with E-state index >= 15 is 0 Å². The van der Waals surface area contributed by atoms with Crippen molar-refractivity contribution in [2.75, 3.05) is 59.5 Å². The summed E-state index contributed by atoms with van der Waals surface area (Å²) in [6, 6.07) is 8.60. The molecule has 1 aromatic rings. The molecule has 0 unspecified atom stereocenters. The van der Waals surface area contributed by atoms with Crippen LogP contribution in [0.1, 0.15) is 31.9 Å². The molecule has 1 saturated heterocycles. The quantitative estimate of drug-likeness (QED) is 0.503. The first-order chi connectivity index (χ1) is 14.1. The first-order valence-electron chi connectivity index (χ1n) is 10.7. The number of likely N-dealkylation sites (N-methyl/N-ethyl adjacent to an activating group) is 2. The van der Waals surface area contributed by atoms with Crippen LogP contribution in [0.4, 0.5) is 0 Å². The molecule has 1 amide bonds. The minimum absolute atomic E-state index is 0.121. The molecule has 0 spiro atoms. The van der Waals surface area contributed by atoms with Gasteiger partial charge in [0.1, 0.15) is 0 Å². The molecule has 1 aromatic carbocycles. The number of carbonyl (C=O) groups excluding carboxylic acids is 1. The fourth-order valence-electron chi connectivity index (χ4n) is 3.43. The molecule has 29 heavy (non-hydrogen) atoms. The van der Waals surface area contributed by atoms with Crippen LogP contribution in [0.3, 0.4) is 0 Å². The predicted molar refractivity (Wildman–Crippen MR) is 118 cm³/mol. The maximum atomic E-state index is 12.4. The van der Waals surface area contributed by atoms with E-state index in [0.717, 1.165) is 58.4 Å². The average Bonchev–Trinajstić information content (AvgIpc) is 2.73. The highest BCUT2D eigenvalue weighted by Crippen LogP contribution is 2.11. The Balaban J connectivity index is 1.99. The number of nitrogens with one attached hydrogen (secondary N) is 1. The van der Waals surface area contributed by atoms with Crippen molar-refractivity contribution in [3.63, 3.8) is 0 Å². The maximum absolute atomic E-state index is 12.4. The van der Waals surface area contributed by atoms with Crippen molar-refractivity contribution in [1.82, 2.24) is 20.0 Å². The minimum Gasteiger partial charge on any atom is -0.379 e. The first kappa shape index (κ1) is 23.2. The van der Waals surface area contributed by atoms with Gasteiger partial charge < -0.3 is 19.9 Å². The number of rotatable bonds is 9. The molecule has 2 rings (SSSR count). The molecule has 0 radical (unpaired) electrons. The van der Waals surface area contributed by atoms with Crippen LogP contribution >= 0.6 is 0 Å². The second-order valence-electron chi connectivity index (χ2n) is 7.30. The summed E-state index contributed by atoms with van der Waals surface area (Å²) in [5.74, 6) is 0.877. The predicted octanol–water partition coefficient (Wildman–Crippen LogP) is 1.78. The fraction of sp³-hybridized carbons (Fsp3) is 0.636. The number of hydrogen-bond donors (Lipinski definition) is 1. The highest BCUT2D eigenvalue weighted by atomic mass is 16.5. The average molecular weight is 404 g/mol. The van der Waals surface area contributed by atoms with Crippen LogP contribution < -0.4 is 5.32 Å². The molecule has 1 fully saturated rings. The van der Waals surface area contributed by atoms with Gasteiger partial charge in [0, 0.05) is 46.3 Å². The topological polar surface area (TPSA) is 60.4 Å². The SMILES string of the molecule is CCNC(=NCc1cccc(CN2CCOCC2)c1)N(C)CC(=O)N(CC)CC. The minimum atomic E-state index is 0.121. The Morgan fingerprint density at radius 3 is 2.52 bits per heavy atom. The molecule has 0 saturated carbocycles. The fourth-order valence-corrected chi connectivity index (χ4v) is 3.43. The molecule has 1 aliphatic heterocycles. The monoisotopic (exact) mass is 403 g/mol. The number of benzene rings is 1. The summed E-state index contributed by atoms with van der Waals surface area (Å²) < 4.78 is 5.43. The van der Waals surface area contributed by atoms with Crippen molar-refractivity contribution < 1.29 is 9.53 Å². The molecule has 1 N–H and O–H groups in total. The number of hydrogen-bond acceptors (Lipinski definition) is 4. The van der Waals surface area contributed by atoms with Gasteiger partial charge in [-0.15, -0.1) is 0 Å².